The van der Waals surface area contributed by atoms with Gasteiger partial charge in [0.25, 0.3) is 17.4 Å². The van der Waals surface area contributed by atoms with Crippen molar-refractivity contribution >= 4 is 23.1 Å². The Hall–Kier alpha value is -4.79. The van der Waals surface area contributed by atoms with Crippen LogP contribution in [0.15, 0.2) is 91.3 Å². The van der Waals surface area contributed by atoms with Crippen molar-refractivity contribution in [2.24, 2.45) is 0 Å². The topological polar surface area (TPSA) is 123 Å². The van der Waals surface area contributed by atoms with E-state index in [1.807, 2.05) is 0 Å². The van der Waals surface area contributed by atoms with Gasteiger partial charge in [-0.05, 0) is 41.5 Å². The SMILES string of the molecule is C=CCOc1ccc(C(O)=C2C(=O)C(=O)N(Cc3cccnc3)[C@@H]2c2cccc([N+](=O)[O-])c2)cc1. The molecule has 1 N–H and O–H groups in total. The van der Waals surface area contributed by atoms with E-state index in [0.29, 0.717) is 29.0 Å². The van der Waals surface area contributed by atoms with Crippen molar-refractivity contribution in [1.82, 2.24) is 9.88 Å². The van der Waals surface area contributed by atoms with Crippen LogP contribution in [0.1, 0.15) is 22.7 Å². The highest BCUT2D eigenvalue weighted by atomic mass is 16.6. The summed E-state index contributed by atoms with van der Waals surface area (Å²) in [4.78, 5) is 42.4. The molecule has 4 rings (SSSR count). The summed E-state index contributed by atoms with van der Waals surface area (Å²) in [5.74, 6) is -1.55. The summed E-state index contributed by atoms with van der Waals surface area (Å²) in [6.45, 7) is 3.92. The van der Waals surface area contributed by atoms with E-state index in [2.05, 4.69) is 11.6 Å². The molecule has 0 saturated carbocycles. The fourth-order valence-electron chi connectivity index (χ4n) is 3.91. The molecule has 176 valence electrons. The van der Waals surface area contributed by atoms with Crippen LogP contribution < -0.4 is 4.74 Å². The standard InChI is InChI=1S/C26H21N3O6/c1-2-13-35-21-10-8-18(9-11-21)24(30)22-23(19-6-3-7-20(14-19)29(33)34)28(26(32)25(22)31)16-17-5-4-12-27-15-17/h2-12,14-15,23,30H,1,13,16H2/t23-/m1/s1. The molecule has 9 nitrogen and oxygen atoms in total. The number of ketones is 1. The first-order valence-electron chi connectivity index (χ1n) is 10.7. The Morgan fingerprint density at radius 1 is 1.17 bits per heavy atom. The van der Waals surface area contributed by atoms with Crippen LogP contribution in [0.3, 0.4) is 0 Å². The van der Waals surface area contributed by atoms with Crippen LogP contribution in [-0.2, 0) is 16.1 Å². The van der Waals surface area contributed by atoms with Crippen LogP contribution in [0.5, 0.6) is 5.75 Å². The van der Waals surface area contributed by atoms with Crippen molar-refractivity contribution < 1.29 is 24.4 Å². The van der Waals surface area contributed by atoms with E-state index in [-0.39, 0.29) is 23.6 Å². The summed E-state index contributed by atoms with van der Waals surface area (Å²) in [5, 5.41) is 22.5. The number of hydrogen-bond donors (Lipinski definition) is 1. The van der Waals surface area contributed by atoms with Gasteiger partial charge in [0.15, 0.2) is 0 Å². The van der Waals surface area contributed by atoms with Gasteiger partial charge in [-0.2, -0.15) is 0 Å². The number of carbonyl (C=O) groups excluding carboxylic acids is 2. The summed E-state index contributed by atoms with van der Waals surface area (Å²) >= 11 is 0. The molecule has 0 radical (unpaired) electrons. The van der Waals surface area contributed by atoms with E-state index in [9.17, 15) is 24.8 Å². The van der Waals surface area contributed by atoms with Crippen LogP contribution in [-0.4, -0.2) is 38.2 Å². The van der Waals surface area contributed by atoms with Gasteiger partial charge in [-0.25, -0.2) is 0 Å². The number of nitro groups is 1. The van der Waals surface area contributed by atoms with Crippen LogP contribution in [0.2, 0.25) is 0 Å². The van der Waals surface area contributed by atoms with Gasteiger partial charge in [0.1, 0.15) is 18.1 Å². The first-order chi connectivity index (χ1) is 16.9. The molecule has 1 amide bonds. The number of likely N-dealkylation sites (tertiary alicyclic amines) is 1. The molecule has 1 aromatic heterocycles. The molecule has 0 aliphatic carbocycles. The Morgan fingerprint density at radius 2 is 1.94 bits per heavy atom. The monoisotopic (exact) mass is 471 g/mol. The molecular formula is C26H21N3O6. The Kier molecular flexibility index (Phi) is 6.68. The lowest BCUT2D eigenvalue weighted by Gasteiger charge is -2.25. The molecular weight excluding hydrogens is 450 g/mol. The Morgan fingerprint density at radius 3 is 2.60 bits per heavy atom. The fourth-order valence-corrected chi connectivity index (χ4v) is 3.91. The van der Waals surface area contributed by atoms with E-state index >= 15 is 0 Å². The number of hydrogen-bond acceptors (Lipinski definition) is 7. The average Bonchev–Trinajstić information content (AvgIpc) is 3.13. The van der Waals surface area contributed by atoms with E-state index < -0.39 is 22.7 Å². The van der Waals surface area contributed by atoms with Crippen molar-refractivity contribution in [1.29, 1.82) is 0 Å². The third-order valence-electron chi connectivity index (χ3n) is 5.51. The molecule has 3 aromatic rings. The van der Waals surface area contributed by atoms with Gasteiger partial charge in [-0.15, -0.1) is 0 Å². The first kappa shape index (κ1) is 23.4. The van der Waals surface area contributed by atoms with Gasteiger partial charge < -0.3 is 14.7 Å². The van der Waals surface area contributed by atoms with Crippen LogP contribution in [0, 0.1) is 10.1 Å². The normalized spacial score (nSPS) is 16.8. The van der Waals surface area contributed by atoms with Gasteiger partial charge in [0, 0.05) is 36.6 Å². The Balaban J connectivity index is 1.82. The third-order valence-corrected chi connectivity index (χ3v) is 5.51. The molecule has 0 unspecified atom stereocenters. The summed E-state index contributed by atoms with van der Waals surface area (Å²) in [5.41, 5.74) is 0.936. The fraction of sp³-hybridized carbons (Fsp3) is 0.115. The molecule has 0 spiro atoms. The number of aromatic nitrogens is 1. The molecule has 2 aromatic carbocycles. The number of amides is 1. The number of nitrogens with zero attached hydrogens (tertiary/aromatic N) is 3. The zero-order chi connectivity index (χ0) is 24.9. The lowest BCUT2D eigenvalue weighted by molar-refractivity contribution is -0.384. The van der Waals surface area contributed by atoms with Gasteiger partial charge in [0.05, 0.1) is 16.5 Å². The van der Waals surface area contributed by atoms with Gasteiger partial charge >= 0.3 is 0 Å². The lowest BCUT2D eigenvalue weighted by Crippen LogP contribution is -2.29. The molecule has 1 fully saturated rings. The largest absolute Gasteiger partial charge is 0.507 e. The van der Waals surface area contributed by atoms with Gasteiger partial charge in [-0.1, -0.05) is 30.9 Å². The number of benzene rings is 2. The quantitative estimate of drug-likeness (QED) is 0.131. The number of carbonyl (C=O) groups is 2. The molecule has 1 aliphatic heterocycles. The minimum Gasteiger partial charge on any atom is -0.507 e. The van der Waals surface area contributed by atoms with E-state index in [1.165, 1.54) is 23.1 Å². The second kappa shape index (κ2) is 10.0. The van der Waals surface area contributed by atoms with Crippen molar-refractivity contribution in [3.05, 3.63) is 118 Å². The number of pyridine rings is 1. The first-order valence-corrected chi connectivity index (χ1v) is 10.7. The smallest absolute Gasteiger partial charge is 0.295 e. The molecule has 1 saturated heterocycles. The molecule has 9 heteroatoms. The van der Waals surface area contributed by atoms with Crippen LogP contribution in [0.25, 0.3) is 5.76 Å². The van der Waals surface area contributed by atoms with Crippen molar-refractivity contribution in [3.63, 3.8) is 0 Å². The zero-order valence-electron chi connectivity index (χ0n) is 18.5. The molecule has 0 bridgehead atoms. The molecule has 1 aliphatic rings. The Bertz CT molecular complexity index is 1320. The number of nitro benzene ring substituents is 1. The zero-order valence-corrected chi connectivity index (χ0v) is 18.5. The second-order valence-corrected chi connectivity index (χ2v) is 7.76. The highest BCUT2D eigenvalue weighted by Gasteiger charge is 2.46. The lowest BCUT2D eigenvalue weighted by atomic mass is 9.95. The number of rotatable bonds is 8. The second-order valence-electron chi connectivity index (χ2n) is 7.76. The van der Waals surface area contributed by atoms with Crippen LogP contribution in [0.4, 0.5) is 5.69 Å². The number of aliphatic hydroxyl groups is 1. The van der Waals surface area contributed by atoms with Crippen molar-refractivity contribution in [3.8, 4) is 5.75 Å². The minimum atomic E-state index is -1.04. The number of aliphatic hydroxyl groups excluding tert-OH is 1. The van der Waals surface area contributed by atoms with Crippen LogP contribution >= 0.6 is 0 Å². The number of non-ortho nitro benzene ring substituents is 1. The summed E-state index contributed by atoms with van der Waals surface area (Å²) in [7, 11) is 0. The van der Waals surface area contributed by atoms with Gasteiger partial charge in [0.2, 0.25) is 0 Å². The summed E-state index contributed by atoms with van der Waals surface area (Å²) in [6, 6.07) is 14.4. The average molecular weight is 471 g/mol. The van der Waals surface area contributed by atoms with Crippen molar-refractivity contribution in [2.75, 3.05) is 6.61 Å². The van der Waals surface area contributed by atoms with E-state index in [1.54, 1.807) is 60.9 Å². The summed E-state index contributed by atoms with van der Waals surface area (Å²) < 4.78 is 5.45. The van der Waals surface area contributed by atoms with E-state index in [4.69, 9.17) is 4.74 Å². The maximum absolute atomic E-state index is 13.1. The molecule has 1 atom stereocenters. The number of Topliss-reactive ketones (excluding diaryl/α,β-unsaturated/α-hetero) is 1. The molecule has 35 heavy (non-hydrogen) atoms. The predicted molar refractivity (Wildman–Crippen MR) is 127 cm³/mol. The maximum atomic E-state index is 13.1. The van der Waals surface area contributed by atoms with Gasteiger partial charge in [-0.3, -0.25) is 24.7 Å². The highest BCUT2D eigenvalue weighted by molar-refractivity contribution is 6.46. The van der Waals surface area contributed by atoms with E-state index in [0.717, 1.165) is 0 Å². The maximum Gasteiger partial charge on any atom is 0.295 e. The highest BCUT2D eigenvalue weighted by Crippen LogP contribution is 2.41. The third kappa shape index (κ3) is 4.79. The summed E-state index contributed by atoms with van der Waals surface area (Å²) in [6.07, 6.45) is 4.74. The minimum absolute atomic E-state index is 0.0247. The number of ether oxygens (including phenoxy) is 1. The van der Waals surface area contributed by atoms with Crippen molar-refractivity contribution in [2.45, 2.75) is 12.6 Å². The molecule has 2 heterocycles. The predicted octanol–water partition coefficient (Wildman–Crippen LogP) is 4.18. The Labute approximate surface area is 200 Å².